The van der Waals surface area contributed by atoms with Crippen LogP contribution in [0.25, 0.3) is 0 Å². The van der Waals surface area contributed by atoms with Gasteiger partial charge in [-0.2, -0.15) is 17.6 Å². The van der Waals surface area contributed by atoms with E-state index >= 15 is 4.39 Å². The molecule has 13 heteroatoms. The summed E-state index contributed by atoms with van der Waals surface area (Å²) in [5.41, 5.74) is -1.20. The number of anilines is 2. The van der Waals surface area contributed by atoms with Crippen molar-refractivity contribution in [2.24, 2.45) is 5.41 Å². The molecule has 6 nitrogen and oxygen atoms in total. The number of alkyl halides is 5. The lowest BCUT2D eigenvalue weighted by atomic mass is 9.82. The van der Waals surface area contributed by atoms with Gasteiger partial charge in [-0.3, -0.25) is 4.21 Å². The molecule has 0 bridgehead atoms. The quantitative estimate of drug-likeness (QED) is 0.396. The van der Waals surface area contributed by atoms with Crippen LogP contribution in [-0.4, -0.2) is 64.3 Å². The standard InChI is InChI=1S/C24H28F6N4O2S/c1-37(2,35)14-22(7-9-36-10-8-22)12-31-20-19(25)21(33-15-32-20)34-13-23(26,27)11-18(34)16-3-5-17(6-4-16)24(28,29)30/h3-6,15,18H,1,7-14H2,2H3,(H,31,32,33). The fourth-order valence-corrected chi connectivity index (χ4v) is 6.70. The number of hydrogen-bond acceptors (Lipinski definition) is 6. The molecule has 1 N–H and O–H groups in total. The van der Waals surface area contributed by atoms with Crippen molar-refractivity contribution in [2.75, 3.05) is 48.5 Å². The van der Waals surface area contributed by atoms with E-state index < -0.39 is 57.4 Å². The number of benzene rings is 1. The van der Waals surface area contributed by atoms with Crippen molar-refractivity contribution in [2.45, 2.75) is 37.4 Å². The Labute approximate surface area is 211 Å². The molecule has 2 unspecified atom stereocenters. The first-order chi connectivity index (χ1) is 17.2. The maximum Gasteiger partial charge on any atom is 0.416 e. The van der Waals surface area contributed by atoms with Gasteiger partial charge < -0.3 is 15.0 Å². The van der Waals surface area contributed by atoms with E-state index in [1.165, 1.54) is 0 Å². The molecule has 0 saturated carbocycles. The van der Waals surface area contributed by atoms with E-state index in [1.807, 2.05) is 0 Å². The minimum absolute atomic E-state index is 0.187. The number of aromatic nitrogens is 2. The third kappa shape index (κ3) is 6.49. The highest BCUT2D eigenvalue weighted by Crippen LogP contribution is 2.45. The zero-order valence-electron chi connectivity index (χ0n) is 20.2. The fraction of sp³-hybridized carbons (Fsp3) is 0.542. The van der Waals surface area contributed by atoms with Crippen LogP contribution < -0.4 is 10.2 Å². The van der Waals surface area contributed by atoms with Crippen molar-refractivity contribution in [3.05, 3.63) is 47.5 Å². The van der Waals surface area contributed by atoms with Gasteiger partial charge in [0.2, 0.25) is 5.82 Å². The van der Waals surface area contributed by atoms with Crippen molar-refractivity contribution in [3.63, 3.8) is 0 Å². The number of nitrogens with zero attached hydrogens (tertiary/aromatic N) is 3. The zero-order valence-corrected chi connectivity index (χ0v) is 21.0. The molecule has 37 heavy (non-hydrogen) atoms. The van der Waals surface area contributed by atoms with E-state index in [1.54, 1.807) is 6.26 Å². The largest absolute Gasteiger partial charge is 0.416 e. The third-order valence-electron chi connectivity index (χ3n) is 6.73. The molecule has 3 heterocycles. The summed E-state index contributed by atoms with van der Waals surface area (Å²) in [6, 6.07) is 2.78. The molecule has 1 aromatic carbocycles. The Balaban J connectivity index is 1.60. The van der Waals surface area contributed by atoms with Gasteiger partial charge >= 0.3 is 6.18 Å². The Morgan fingerprint density at radius 3 is 2.43 bits per heavy atom. The molecule has 204 valence electrons. The van der Waals surface area contributed by atoms with Crippen LogP contribution in [0.2, 0.25) is 0 Å². The highest BCUT2D eigenvalue weighted by atomic mass is 32.2. The van der Waals surface area contributed by atoms with Crippen molar-refractivity contribution < 1.29 is 35.3 Å². The summed E-state index contributed by atoms with van der Waals surface area (Å²) in [6.45, 7) is 0.258. The number of rotatable bonds is 7. The van der Waals surface area contributed by atoms with Crippen LogP contribution >= 0.6 is 0 Å². The molecule has 2 aliphatic heterocycles. The van der Waals surface area contributed by atoms with Crippen molar-refractivity contribution >= 4 is 27.0 Å². The maximum absolute atomic E-state index is 15.6. The molecule has 0 aliphatic carbocycles. The molecule has 1 aromatic heterocycles. The molecule has 4 rings (SSSR count). The molecule has 0 spiro atoms. The lowest BCUT2D eigenvalue weighted by molar-refractivity contribution is -0.137. The lowest BCUT2D eigenvalue weighted by Crippen LogP contribution is -2.41. The Morgan fingerprint density at radius 1 is 1.19 bits per heavy atom. The van der Waals surface area contributed by atoms with Crippen LogP contribution in [-0.2, 0) is 20.4 Å². The summed E-state index contributed by atoms with van der Waals surface area (Å²) in [5, 5.41) is 2.94. The van der Waals surface area contributed by atoms with Gasteiger partial charge in [0, 0.05) is 43.6 Å². The molecule has 2 aromatic rings. The first kappa shape index (κ1) is 27.5. The van der Waals surface area contributed by atoms with E-state index in [0.717, 1.165) is 35.5 Å². The topological polar surface area (TPSA) is 67.4 Å². The van der Waals surface area contributed by atoms with Gasteiger partial charge in [-0.05, 0) is 45.9 Å². The average molecular weight is 551 g/mol. The maximum atomic E-state index is 15.6. The van der Waals surface area contributed by atoms with Gasteiger partial charge in [-0.1, -0.05) is 12.1 Å². The van der Waals surface area contributed by atoms with Crippen molar-refractivity contribution in [1.82, 2.24) is 9.97 Å². The van der Waals surface area contributed by atoms with E-state index in [2.05, 4.69) is 21.2 Å². The summed E-state index contributed by atoms with van der Waals surface area (Å²) in [7, 11) is -2.37. The van der Waals surface area contributed by atoms with E-state index in [-0.39, 0.29) is 23.7 Å². The number of hydrogen-bond donors (Lipinski definition) is 1. The minimum atomic E-state index is -4.57. The van der Waals surface area contributed by atoms with E-state index in [4.69, 9.17) is 4.74 Å². The summed E-state index contributed by atoms with van der Waals surface area (Å²) in [6.07, 6.45) is -1.52. The van der Waals surface area contributed by atoms with Gasteiger partial charge in [0.15, 0.2) is 11.6 Å². The predicted molar refractivity (Wildman–Crippen MR) is 130 cm³/mol. The summed E-state index contributed by atoms with van der Waals surface area (Å²) < 4.78 is 101. The molecule has 0 amide bonds. The van der Waals surface area contributed by atoms with Crippen LogP contribution in [0.15, 0.2) is 30.6 Å². The average Bonchev–Trinajstić information content (AvgIpc) is 3.12. The summed E-state index contributed by atoms with van der Waals surface area (Å²) in [5.74, 6) is -0.710. The smallest absolute Gasteiger partial charge is 0.381 e. The number of ether oxygens (including phenoxy) is 1. The van der Waals surface area contributed by atoms with Gasteiger partial charge in [-0.25, -0.2) is 18.7 Å². The predicted octanol–water partition coefficient (Wildman–Crippen LogP) is 4.78. The highest BCUT2D eigenvalue weighted by molar-refractivity contribution is 7.99. The second-order valence-electron chi connectivity index (χ2n) is 9.98. The van der Waals surface area contributed by atoms with Crippen LogP contribution in [0.5, 0.6) is 0 Å². The molecular weight excluding hydrogens is 522 g/mol. The third-order valence-corrected chi connectivity index (χ3v) is 7.95. The summed E-state index contributed by atoms with van der Waals surface area (Å²) >= 11 is 0. The minimum Gasteiger partial charge on any atom is -0.381 e. The Bertz CT molecular complexity index is 1210. The van der Waals surface area contributed by atoms with Gasteiger partial charge in [0.25, 0.3) is 5.92 Å². The number of halogens is 6. The first-order valence-corrected chi connectivity index (χ1v) is 13.9. The second-order valence-corrected chi connectivity index (χ2v) is 12.6. The van der Waals surface area contributed by atoms with Crippen LogP contribution in [0.1, 0.15) is 36.4 Å². The second kappa shape index (κ2) is 9.97. The fourth-order valence-electron chi connectivity index (χ4n) is 5.01. The lowest BCUT2D eigenvalue weighted by Gasteiger charge is -2.38. The monoisotopic (exact) mass is 550 g/mol. The highest BCUT2D eigenvalue weighted by Gasteiger charge is 2.47. The van der Waals surface area contributed by atoms with Crippen LogP contribution in [0.4, 0.5) is 38.0 Å². The Kier molecular flexibility index (Phi) is 7.41. The normalized spacial score (nSPS) is 23.0. The van der Waals surface area contributed by atoms with Gasteiger partial charge in [0.1, 0.15) is 6.33 Å². The number of nitrogens with one attached hydrogen (secondary N) is 1. The van der Waals surface area contributed by atoms with Crippen LogP contribution in [0, 0.1) is 11.2 Å². The molecule has 2 saturated heterocycles. The molecule has 2 aliphatic rings. The zero-order chi connectivity index (χ0) is 27.1. The SMILES string of the molecule is C=S(C)(=O)CC1(CNc2ncnc(N3CC(F)(F)CC3c3ccc(C(F)(F)F)cc3)c2F)CCOCC1. The van der Waals surface area contributed by atoms with Crippen molar-refractivity contribution in [1.29, 1.82) is 0 Å². The Hall–Kier alpha value is -2.54. The van der Waals surface area contributed by atoms with E-state index in [9.17, 15) is 26.2 Å². The van der Waals surface area contributed by atoms with Gasteiger partial charge in [-0.15, -0.1) is 0 Å². The molecule has 0 radical (unpaired) electrons. The van der Waals surface area contributed by atoms with Crippen LogP contribution in [0.3, 0.4) is 0 Å². The summed E-state index contributed by atoms with van der Waals surface area (Å²) in [4.78, 5) is 8.90. The Morgan fingerprint density at radius 2 is 1.84 bits per heavy atom. The first-order valence-electron chi connectivity index (χ1n) is 11.6. The molecule has 2 atom stereocenters. The van der Waals surface area contributed by atoms with Crippen molar-refractivity contribution in [3.8, 4) is 0 Å². The van der Waals surface area contributed by atoms with E-state index in [0.29, 0.717) is 31.8 Å². The molecular formula is C24H28F6N4O2S. The van der Waals surface area contributed by atoms with Gasteiger partial charge in [0.05, 0.1) is 18.2 Å². The molecule has 2 fully saturated rings.